The molecule has 4 nitrogen and oxygen atoms in total. The molecule has 1 unspecified atom stereocenters. The van der Waals surface area contributed by atoms with Crippen molar-refractivity contribution in [2.75, 3.05) is 18.6 Å². The van der Waals surface area contributed by atoms with E-state index in [1.54, 1.807) is 12.1 Å². The lowest BCUT2D eigenvalue weighted by Gasteiger charge is -2.14. The van der Waals surface area contributed by atoms with E-state index in [-0.39, 0.29) is 11.8 Å². The molecule has 0 heterocycles. The third kappa shape index (κ3) is 6.59. The molecule has 0 aliphatic rings. The zero-order valence-electron chi connectivity index (χ0n) is 11.9. The van der Waals surface area contributed by atoms with E-state index in [2.05, 4.69) is 0 Å². The van der Waals surface area contributed by atoms with Crippen LogP contribution in [0.4, 0.5) is 0 Å². The molecular weight excluding hydrogens is 298 g/mol. The Hall–Kier alpha value is -0.780. The first-order valence-electron chi connectivity index (χ1n) is 6.66. The number of ether oxygens (including phenoxy) is 1. The monoisotopic (exact) mass is 319 g/mol. The summed E-state index contributed by atoms with van der Waals surface area (Å²) in [6, 6.07) is 5.48. The molecule has 1 atom stereocenters. The van der Waals surface area contributed by atoms with Gasteiger partial charge in [0.05, 0.1) is 12.4 Å². The van der Waals surface area contributed by atoms with E-state index in [0.717, 1.165) is 17.7 Å². The van der Waals surface area contributed by atoms with Crippen LogP contribution in [0, 0.1) is 0 Å². The molecule has 0 aliphatic heterocycles. The van der Waals surface area contributed by atoms with E-state index < -0.39 is 9.84 Å². The van der Waals surface area contributed by atoms with Gasteiger partial charge in [0.2, 0.25) is 0 Å². The summed E-state index contributed by atoms with van der Waals surface area (Å²) in [4.78, 5) is 0. The molecule has 0 spiro atoms. The van der Waals surface area contributed by atoms with E-state index in [4.69, 9.17) is 22.1 Å². The average molecular weight is 320 g/mol. The number of benzene rings is 1. The second kappa shape index (κ2) is 7.86. The normalized spacial score (nSPS) is 13.2. The molecule has 6 heteroatoms. The van der Waals surface area contributed by atoms with E-state index in [1.165, 1.54) is 6.26 Å². The van der Waals surface area contributed by atoms with Crippen molar-refractivity contribution < 1.29 is 13.2 Å². The molecule has 1 rings (SSSR count). The molecule has 0 amide bonds. The van der Waals surface area contributed by atoms with Crippen LogP contribution in [0.25, 0.3) is 0 Å². The van der Waals surface area contributed by atoms with Crippen LogP contribution in [0.2, 0.25) is 5.02 Å². The van der Waals surface area contributed by atoms with Crippen LogP contribution in [0.15, 0.2) is 18.2 Å². The molecule has 20 heavy (non-hydrogen) atoms. The van der Waals surface area contributed by atoms with Crippen molar-refractivity contribution in [2.24, 2.45) is 5.73 Å². The Bertz CT molecular complexity index is 531. The third-order valence-corrected chi connectivity index (χ3v) is 4.21. The summed E-state index contributed by atoms with van der Waals surface area (Å²) in [6.07, 6.45) is 3.26. The van der Waals surface area contributed by atoms with Crippen LogP contribution < -0.4 is 10.5 Å². The first-order valence-corrected chi connectivity index (χ1v) is 9.10. The van der Waals surface area contributed by atoms with Crippen molar-refractivity contribution in [2.45, 2.75) is 32.2 Å². The predicted octanol–water partition coefficient (Wildman–Crippen LogP) is 2.43. The molecule has 0 fully saturated rings. The highest BCUT2D eigenvalue weighted by Crippen LogP contribution is 2.24. The van der Waals surface area contributed by atoms with Gasteiger partial charge >= 0.3 is 0 Å². The summed E-state index contributed by atoms with van der Waals surface area (Å²) < 4.78 is 27.8. The van der Waals surface area contributed by atoms with Crippen molar-refractivity contribution in [3.05, 3.63) is 28.8 Å². The summed E-state index contributed by atoms with van der Waals surface area (Å²) in [5.41, 5.74) is 6.92. The molecule has 114 valence electrons. The summed E-state index contributed by atoms with van der Waals surface area (Å²) in [5.74, 6) is 0.858. The summed E-state index contributed by atoms with van der Waals surface area (Å²) in [6.45, 7) is 2.39. The van der Waals surface area contributed by atoms with Gasteiger partial charge in [-0.3, -0.25) is 0 Å². The van der Waals surface area contributed by atoms with Crippen molar-refractivity contribution in [3.8, 4) is 5.75 Å². The SMILES string of the molecule is CCC(N)Cc1cc(Cl)ccc1OCCCS(C)(=O)=O. The minimum atomic E-state index is -2.94. The molecule has 0 aromatic heterocycles. The van der Waals surface area contributed by atoms with Gasteiger partial charge in [-0.05, 0) is 43.0 Å². The maximum Gasteiger partial charge on any atom is 0.147 e. The first-order chi connectivity index (χ1) is 9.31. The van der Waals surface area contributed by atoms with Crippen LogP contribution in [0.5, 0.6) is 5.75 Å². The van der Waals surface area contributed by atoms with Gasteiger partial charge in [0.15, 0.2) is 0 Å². The molecule has 0 bridgehead atoms. The second-order valence-electron chi connectivity index (χ2n) is 4.96. The van der Waals surface area contributed by atoms with Crippen molar-refractivity contribution >= 4 is 21.4 Å². The standard InChI is InChI=1S/C14H22ClNO3S/c1-3-13(16)10-11-9-12(15)5-6-14(11)19-7-4-8-20(2,17)18/h5-6,9,13H,3-4,7-8,10,16H2,1-2H3. The van der Waals surface area contributed by atoms with Gasteiger partial charge in [-0.1, -0.05) is 18.5 Å². The van der Waals surface area contributed by atoms with Crippen molar-refractivity contribution in [3.63, 3.8) is 0 Å². The molecule has 0 saturated carbocycles. The largest absolute Gasteiger partial charge is 0.493 e. The fourth-order valence-electron chi connectivity index (χ4n) is 1.78. The Morgan fingerprint density at radius 1 is 1.40 bits per heavy atom. The average Bonchev–Trinajstić information content (AvgIpc) is 2.35. The molecule has 1 aromatic rings. The molecule has 0 aliphatic carbocycles. The van der Waals surface area contributed by atoms with E-state index in [9.17, 15) is 8.42 Å². The highest BCUT2D eigenvalue weighted by molar-refractivity contribution is 7.90. The summed E-state index contributed by atoms with van der Waals surface area (Å²) in [7, 11) is -2.94. The summed E-state index contributed by atoms with van der Waals surface area (Å²) >= 11 is 5.99. The first kappa shape index (κ1) is 17.3. The minimum Gasteiger partial charge on any atom is -0.493 e. The van der Waals surface area contributed by atoms with E-state index in [0.29, 0.717) is 24.5 Å². The maximum absolute atomic E-state index is 11.0. The Kier molecular flexibility index (Phi) is 6.79. The van der Waals surface area contributed by atoms with Gasteiger partial charge in [-0.15, -0.1) is 0 Å². The highest BCUT2D eigenvalue weighted by Gasteiger charge is 2.09. The molecule has 2 N–H and O–H groups in total. The zero-order chi connectivity index (χ0) is 15.2. The molecule has 0 radical (unpaired) electrons. The highest BCUT2D eigenvalue weighted by atomic mass is 35.5. The molecule has 1 aromatic carbocycles. The lowest BCUT2D eigenvalue weighted by atomic mass is 10.0. The molecular formula is C14H22ClNO3S. The van der Waals surface area contributed by atoms with Crippen LogP contribution in [0.3, 0.4) is 0 Å². The van der Waals surface area contributed by atoms with E-state index in [1.807, 2.05) is 13.0 Å². The fraction of sp³-hybridized carbons (Fsp3) is 0.571. The summed E-state index contributed by atoms with van der Waals surface area (Å²) in [5, 5.41) is 0.645. The van der Waals surface area contributed by atoms with Gasteiger partial charge in [0.25, 0.3) is 0 Å². The van der Waals surface area contributed by atoms with Gasteiger partial charge in [-0.2, -0.15) is 0 Å². The zero-order valence-corrected chi connectivity index (χ0v) is 13.5. The minimum absolute atomic E-state index is 0.0619. The third-order valence-electron chi connectivity index (χ3n) is 2.95. The second-order valence-corrected chi connectivity index (χ2v) is 7.65. The number of sulfone groups is 1. The number of halogens is 1. The maximum atomic E-state index is 11.0. The lowest BCUT2D eigenvalue weighted by molar-refractivity contribution is 0.313. The number of rotatable bonds is 8. The Labute approximate surface area is 126 Å². The quantitative estimate of drug-likeness (QED) is 0.747. The van der Waals surface area contributed by atoms with Crippen LogP contribution in [-0.2, 0) is 16.3 Å². The van der Waals surface area contributed by atoms with Crippen molar-refractivity contribution in [1.29, 1.82) is 0 Å². The van der Waals surface area contributed by atoms with Gasteiger partial charge < -0.3 is 10.5 Å². The Morgan fingerprint density at radius 2 is 2.10 bits per heavy atom. The van der Waals surface area contributed by atoms with Crippen LogP contribution in [0.1, 0.15) is 25.3 Å². The van der Waals surface area contributed by atoms with Gasteiger partial charge in [-0.25, -0.2) is 8.42 Å². The van der Waals surface area contributed by atoms with Crippen LogP contribution >= 0.6 is 11.6 Å². The Balaban J connectivity index is 2.64. The topological polar surface area (TPSA) is 69.4 Å². The number of nitrogens with two attached hydrogens (primary N) is 1. The number of hydrogen-bond acceptors (Lipinski definition) is 4. The predicted molar refractivity (Wildman–Crippen MR) is 83.2 cm³/mol. The molecule has 0 saturated heterocycles. The Morgan fingerprint density at radius 3 is 2.70 bits per heavy atom. The van der Waals surface area contributed by atoms with Gasteiger partial charge in [0, 0.05) is 17.3 Å². The van der Waals surface area contributed by atoms with E-state index >= 15 is 0 Å². The van der Waals surface area contributed by atoms with Gasteiger partial charge in [0.1, 0.15) is 15.6 Å². The van der Waals surface area contributed by atoms with Crippen LogP contribution in [-0.4, -0.2) is 33.1 Å². The number of hydrogen-bond donors (Lipinski definition) is 1. The fourth-order valence-corrected chi connectivity index (χ4v) is 2.62. The van der Waals surface area contributed by atoms with Crippen molar-refractivity contribution in [1.82, 2.24) is 0 Å². The smallest absolute Gasteiger partial charge is 0.147 e. The lowest BCUT2D eigenvalue weighted by Crippen LogP contribution is -2.21.